The molecule has 0 saturated carbocycles. The molecule has 0 bridgehead atoms. The van der Waals surface area contributed by atoms with Gasteiger partial charge in [-0.2, -0.15) is 0 Å². The second kappa shape index (κ2) is 8.39. The maximum atomic E-state index is 12.1. The molecule has 21 heavy (non-hydrogen) atoms. The van der Waals surface area contributed by atoms with E-state index in [0.717, 1.165) is 24.3 Å². The van der Waals surface area contributed by atoms with Crippen LogP contribution in [0, 0.1) is 0 Å². The molecule has 0 aliphatic carbocycles. The number of hydrogen-bond donors (Lipinski definition) is 1. The zero-order valence-electron chi connectivity index (χ0n) is 13.4. The van der Waals surface area contributed by atoms with E-state index in [-0.39, 0.29) is 17.0 Å². The maximum absolute atomic E-state index is 12.1. The van der Waals surface area contributed by atoms with Gasteiger partial charge >= 0.3 is 0 Å². The summed E-state index contributed by atoms with van der Waals surface area (Å²) < 4.78 is 29.8. The molecule has 0 aromatic heterocycles. The number of ether oxygens (including phenoxy) is 1. The van der Waals surface area contributed by atoms with Gasteiger partial charge in [-0.3, -0.25) is 0 Å². The minimum Gasteiger partial charge on any atom is -0.494 e. The van der Waals surface area contributed by atoms with E-state index in [2.05, 4.69) is 12.2 Å². The van der Waals surface area contributed by atoms with Crippen LogP contribution < -0.4 is 10.1 Å². The Balaban J connectivity index is 2.85. The Labute approximate surface area is 128 Å². The molecule has 0 heterocycles. The number of nitrogens with one attached hydrogen (secondary N) is 1. The molecule has 1 aromatic carbocycles. The normalized spacial score (nSPS) is 13.4. The molecular formula is C16H27NO3S. The molecule has 1 atom stereocenters. The lowest BCUT2D eigenvalue weighted by Gasteiger charge is -2.20. The molecule has 0 aliphatic rings. The van der Waals surface area contributed by atoms with Gasteiger partial charge in [-0.25, -0.2) is 8.42 Å². The van der Waals surface area contributed by atoms with Crippen molar-refractivity contribution in [3.8, 4) is 5.75 Å². The van der Waals surface area contributed by atoms with Crippen LogP contribution in [0.25, 0.3) is 0 Å². The Kier molecular flexibility index (Phi) is 7.18. The predicted octanol–water partition coefficient (Wildman–Crippen LogP) is 2.95. The predicted molar refractivity (Wildman–Crippen MR) is 87.6 cm³/mol. The first-order valence-corrected chi connectivity index (χ1v) is 9.30. The standard InChI is InChI=1S/C16H27NO3S/c1-5-11-20-15-9-7-14(8-10-15)16(17-6-2)12-21(18,19)13(3)4/h7-10,13,16-17H,5-6,11-12H2,1-4H3. The highest BCUT2D eigenvalue weighted by Crippen LogP contribution is 2.21. The summed E-state index contributed by atoms with van der Waals surface area (Å²) in [7, 11) is -3.09. The number of hydrogen-bond acceptors (Lipinski definition) is 4. The number of benzene rings is 1. The summed E-state index contributed by atoms with van der Waals surface area (Å²) in [5, 5.41) is 2.90. The average Bonchev–Trinajstić information content (AvgIpc) is 2.45. The van der Waals surface area contributed by atoms with Crippen molar-refractivity contribution in [1.29, 1.82) is 0 Å². The fourth-order valence-electron chi connectivity index (χ4n) is 1.96. The Morgan fingerprint density at radius 3 is 2.24 bits per heavy atom. The van der Waals surface area contributed by atoms with Crippen LogP contribution in [0.3, 0.4) is 0 Å². The van der Waals surface area contributed by atoms with E-state index in [0.29, 0.717) is 6.61 Å². The monoisotopic (exact) mass is 313 g/mol. The van der Waals surface area contributed by atoms with Crippen LogP contribution in [0.5, 0.6) is 5.75 Å². The molecule has 1 aromatic rings. The van der Waals surface area contributed by atoms with Crippen molar-refractivity contribution in [2.24, 2.45) is 0 Å². The summed E-state index contributed by atoms with van der Waals surface area (Å²) in [6.45, 7) is 8.91. The zero-order valence-corrected chi connectivity index (χ0v) is 14.2. The van der Waals surface area contributed by atoms with Gasteiger partial charge in [0.1, 0.15) is 5.75 Å². The molecule has 1 N–H and O–H groups in total. The Bertz CT molecular complexity index is 509. The van der Waals surface area contributed by atoms with Gasteiger partial charge in [0.15, 0.2) is 9.84 Å². The molecule has 1 rings (SSSR count). The molecule has 0 radical (unpaired) electrons. The SMILES string of the molecule is CCCOc1ccc(C(CS(=O)(=O)C(C)C)NCC)cc1. The highest BCUT2D eigenvalue weighted by Gasteiger charge is 2.23. The van der Waals surface area contributed by atoms with Gasteiger partial charge in [-0.1, -0.05) is 26.0 Å². The second-order valence-electron chi connectivity index (χ2n) is 5.41. The molecule has 0 amide bonds. The van der Waals surface area contributed by atoms with Gasteiger partial charge in [-0.15, -0.1) is 0 Å². The van der Waals surface area contributed by atoms with Crippen LogP contribution in [0.15, 0.2) is 24.3 Å². The summed E-state index contributed by atoms with van der Waals surface area (Å²) in [6.07, 6.45) is 0.967. The molecule has 0 fully saturated rings. The lowest BCUT2D eigenvalue weighted by atomic mass is 10.1. The molecule has 4 nitrogen and oxygen atoms in total. The van der Waals surface area contributed by atoms with Crippen molar-refractivity contribution < 1.29 is 13.2 Å². The summed E-state index contributed by atoms with van der Waals surface area (Å²) in [4.78, 5) is 0. The molecule has 1 unspecified atom stereocenters. The largest absolute Gasteiger partial charge is 0.494 e. The number of rotatable bonds is 9. The first-order chi connectivity index (χ1) is 9.90. The first-order valence-electron chi connectivity index (χ1n) is 7.58. The van der Waals surface area contributed by atoms with E-state index in [1.807, 2.05) is 31.2 Å². The Morgan fingerprint density at radius 1 is 1.14 bits per heavy atom. The quantitative estimate of drug-likeness (QED) is 0.761. The number of sulfone groups is 1. The maximum Gasteiger partial charge on any atom is 0.154 e. The molecular weight excluding hydrogens is 286 g/mol. The van der Waals surface area contributed by atoms with Crippen LogP contribution in [-0.4, -0.2) is 32.6 Å². The Hall–Kier alpha value is -1.07. The van der Waals surface area contributed by atoms with Crippen LogP contribution in [0.4, 0.5) is 0 Å². The van der Waals surface area contributed by atoms with Crippen molar-refractivity contribution in [2.75, 3.05) is 18.9 Å². The van der Waals surface area contributed by atoms with E-state index in [1.165, 1.54) is 0 Å². The van der Waals surface area contributed by atoms with Crippen LogP contribution in [0.1, 0.15) is 45.7 Å². The van der Waals surface area contributed by atoms with Crippen molar-refractivity contribution in [3.05, 3.63) is 29.8 Å². The van der Waals surface area contributed by atoms with Crippen LogP contribution in [-0.2, 0) is 9.84 Å². The zero-order chi connectivity index (χ0) is 15.9. The minimum absolute atomic E-state index is 0.119. The van der Waals surface area contributed by atoms with Gasteiger partial charge in [0.05, 0.1) is 17.6 Å². The second-order valence-corrected chi connectivity index (χ2v) is 8.01. The fourth-order valence-corrected chi connectivity index (χ4v) is 3.12. The molecule has 0 aliphatic heterocycles. The smallest absolute Gasteiger partial charge is 0.154 e. The summed E-state index contributed by atoms with van der Waals surface area (Å²) in [5.41, 5.74) is 0.977. The highest BCUT2D eigenvalue weighted by atomic mass is 32.2. The molecule has 0 saturated heterocycles. The minimum atomic E-state index is -3.09. The van der Waals surface area contributed by atoms with E-state index in [1.54, 1.807) is 13.8 Å². The third-order valence-corrected chi connectivity index (χ3v) is 5.56. The summed E-state index contributed by atoms with van der Waals surface area (Å²) >= 11 is 0. The summed E-state index contributed by atoms with van der Waals surface area (Å²) in [5.74, 6) is 0.941. The van der Waals surface area contributed by atoms with Crippen molar-refractivity contribution in [1.82, 2.24) is 5.32 Å². The topological polar surface area (TPSA) is 55.4 Å². The van der Waals surface area contributed by atoms with E-state index < -0.39 is 9.84 Å². The third kappa shape index (κ3) is 5.67. The van der Waals surface area contributed by atoms with E-state index in [9.17, 15) is 8.42 Å². The average molecular weight is 313 g/mol. The lowest BCUT2D eigenvalue weighted by molar-refractivity contribution is 0.317. The van der Waals surface area contributed by atoms with Crippen molar-refractivity contribution in [3.63, 3.8) is 0 Å². The van der Waals surface area contributed by atoms with Crippen LogP contribution >= 0.6 is 0 Å². The molecule has 0 spiro atoms. The van der Waals surface area contributed by atoms with Gasteiger partial charge in [0.2, 0.25) is 0 Å². The van der Waals surface area contributed by atoms with E-state index >= 15 is 0 Å². The van der Waals surface area contributed by atoms with Gasteiger partial charge in [0.25, 0.3) is 0 Å². The molecule has 120 valence electrons. The highest BCUT2D eigenvalue weighted by molar-refractivity contribution is 7.92. The third-order valence-electron chi connectivity index (χ3n) is 3.32. The Morgan fingerprint density at radius 2 is 1.76 bits per heavy atom. The summed E-state index contributed by atoms with van der Waals surface area (Å²) in [6, 6.07) is 7.50. The molecule has 5 heteroatoms. The van der Waals surface area contributed by atoms with Gasteiger partial charge < -0.3 is 10.1 Å². The van der Waals surface area contributed by atoms with Crippen molar-refractivity contribution in [2.45, 2.75) is 45.4 Å². The van der Waals surface area contributed by atoms with Crippen LogP contribution in [0.2, 0.25) is 0 Å². The van der Waals surface area contributed by atoms with Gasteiger partial charge in [0, 0.05) is 6.04 Å². The lowest BCUT2D eigenvalue weighted by Crippen LogP contribution is -2.31. The van der Waals surface area contributed by atoms with Gasteiger partial charge in [-0.05, 0) is 44.5 Å². The fraction of sp³-hybridized carbons (Fsp3) is 0.625. The van der Waals surface area contributed by atoms with Crippen molar-refractivity contribution >= 4 is 9.84 Å². The van der Waals surface area contributed by atoms with E-state index in [4.69, 9.17) is 4.74 Å². The first kappa shape index (κ1) is 18.0.